The average molecular weight is 173 g/mol. The van der Waals surface area contributed by atoms with Gasteiger partial charge in [-0.15, -0.1) is 0 Å². The molecule has 59 valence electrons. The minimum Gasteiger partial charge on any atom is -0.300 e. The van der Waals surface area contributed by atoms with E-state index in [4.69, 9.17) is 0 Å². The summed E-state index contributed by atoms with van der Waals surface area (Å²) >= 11 is 0. The van der Waals surface area contributed by atoms with Gasteiger partial charge in [0.25, 0.3) is 0 Å². The highest BCUT2D eigenvalue weighted by Gasteiger charge is 1.94. The molecule has 0 saturated heterocycles. The fourth-order valence-electron chi connectivity index (χ4n) is 1.33. The van der Waals surface area contributed by atoms with E-state index in [-0.39, 0.29) is 0 Å². The maximum Gasteiger partial charge on any atom is 0.237 e. The van der Waals surface area contributed by atoms with Gasteiger partial charge in [-0.25, -0.2) is 0 Å². The molecule has 2 aromatic rings. The number of fused-ring (bicyclic) bond motifs is 1. The number of rotatable bonds is 1. The van der Waals surface area contributed by atoms with Gasteiger partial charge in [-0.3, -0.25) is 0 Å². The summed E-state index contributed by atoms with van der Waals surface area (Å²) in [6, 6.07) is 14.1. The molecular formula is C10H9OSi. The number of hydrogen-bond acceptors (Lipinski definition) is 0. The molecule has 0 aromatic heterocycles. The van der Waals surface area contributed by atoms with Crippen LogP contribution in [0.1, 0.15) is 0 Å². The standard InChI is InChI=1S/C10H9OSi/c11-12-10-6-5-8-3-1-2-4-9(8)7-10/h1-7H,12H2. The van der Waals surface area contributed by atoms with Crippen molar-refractivity contribution in [1.82, 2.24) is 0 Å². The van der Waals surface area contributed by atoms with Crippen molar-refractivity contribution in [2.45, 2.75) is 0 Å². The van der Waals surface area contributed by atoms with Gasteiger partial charge >= 0.3 is 0 Å². The van der Waals surface area contributed by atoms with Crippen molar-refractivity contribution in [3.63, 3.8) is 0 Å². The van der Waals surface area contributed by atoms with Gasteiger partial charge in [0.05, 0.1) is 0 Å². The highest BCUT2D eigenvalue weighted by Crippen LogP contribution is 2.10. The first-order valence-electron chi connectivity index (χ1n) is 3.96. The van der Waals surface area contributed by atoms with E-state index in [2.05, 4.69) is 6.07 Å². The van der Waals surface area contributed by atoms with Crippen molar-refractivity contribution in [2.24, 2.45) is 0 Å². The van der Waals surface area contributed by atoms with E-state index in [1.54, 1.807) is 0 Å². The summed E-state index contributed by atoms with van der Waals surface area (Å²) in [5, 5.41) is 3.38. The van der Waals surface area contributed by atoms with Crippen molar-refractivity contribution in [3.05, 3.63) is 42.5 Å². The molecule has 12 heavy (non-hydrogen) atoms. The minimum atomic E-state index is -1.25. The quantitative estimate of drug-likeness (QED) is 0.573. The van der Waals surface area contributed by atoms with Crippen LogP contribution in [0.4, 0.5) is 0 Å². The van der Waals surface area contributed by atoms with Crippen LogP contribution < -0.4 is 5.19 Å². The Morgan fingerprint density at radius 3 is 2.42 bits per heavy atom. The topological polar surface area (TPSA) is 19.9 Å². The Morgan fingerprint density at radius 2 is 1.67 bits per heavy atom. The van der Waals surface area contributed by atoms with E-state index >= 15 is 0 Å². The molecule has 0 N–H and O–H groups in total. The largest absolute Gasteiger partial charge is 0.300 e. The maximum atomic E-state index is 10.7. The van der Waals surface area contributed by atoms with Gasteiger partial charge in [0.2, 0.25) is 9.76 Å². The van der Waals surface area contributed by atoms with E-state index in [1.807, 2.05) is 36.4 Å². The van der Waals surface area contributed by atoms with E-state index in [0.717, 1.165) is 5.19 Å². The molecule has 1 radical (unpaired) electrons. The van der Waals surface area contributed by atoms with Crippen molar-refractivity contribution in [2.75, 3.05) is 0 Å². The van der Waals surface area contributed by atoms with Crippen LogP contribution in [0.2, 0.25) is 0 Å². The monoisotopic (exact) mass is 173 g/mol. The highest BCUT2D eigenvalue weighted by molar-refractivity contribution is 6.45. The second-order valence-corrected chi connectivity index (χ2v) is 3.93. The molecule has 0 aliphatic carbocycles. The lowest BCUT2D eigenvalue weighted by Crippen LogP contribution is -2.10. The van der Waals surface area contributed by atoms with Crippen molar-refractivity contribution >= 4 is 25.7 Å². The Bertz CT molecular complexity index is 398. The van der Waals surface area contributed by atoms with Crippen LogP contribution >= 0.6 is 0 Å². The molecule has 2 rings (SSSR count). The molecule has 0 spiro atoms. The van der Waals surface area contributed by atoms with Gasteiger partial charge in [-0.05, 0) is 16.0 Å². The molecule has 0 unspecified atom stereocenters. The van der Waals surface area contributed by atoms with Crippen LogP contribution in [0.3, 0.4) is 0 Å². The average Bonchev–Trinajstić information content (AvgIpc) is 2.17. The summed E-state index contributed by atoms with van der Waals surface area (Å²) < 4.78 is 0. The smallest absolute Gasteiger partial charge is 0.237 e. The van der Waals surface area contributed by atoms with Gasteiger partial charge in [0.1, 0.15) is 0 Å². The third-order valence-electron chi connectivity index (χ3n) is 1.98. The third-order valence-corrected chi connectivity index (χ3v) is 2.75. The molecule has 0 bridgehead atoms. The van der Waals surface area contributed by atoms with Gasteiger partial charge in [0, 0.05) is 0 Å². The van der Waals surface area contributed by atoms with Gasteiger partial charge in [-0.1, -0.05) is 42.5 Å². The fourth-order valence-corrected chi connectivity index (χ4v) is 1.85. The Hall–Kier alpha value is -1.12. The molecule has 0 aliphatic rings. The minimum absolute atomic E-state index is 0.994. The lowest BCUT2D eigenvalue weighted by molar-refractivity contribution is 0.484. The molecule has 0 aliphatic heterocycles. The molecule has 2 aromatic carbocycles. The lowest BCUT2D eigenvalue weighted by Gasteiger charge is -1.98. The number of benzene rings is 2. The summed E-state index contributed by atoms with van der Waals surface area (Å²) in [6.45, 7) is 0. The Morgan fingerprint density at radius 1 is 0.917 bits per heavy atom. The molecule has 0 atom stereocenters. The van der Waals surface area contributed by atoms with E-state index in [0.29, 0.717) is 0 Å². The first-order chi connectivity index (χ1) is 5.90. The summed E-state index contributed by atoms with van der Waals surface area (Å²) in [5.41, 5.74) is 0. The SMILES string of the molecule is [O][SiH2]c1ccc2ccccc2c1. The van der Waals surface area contributed by atoms with Crippen molar-refractivity contribution in [3.8, 4) is 0 Å². The zero-order valence-corrected chi connectivity index (χ0v) is 8.07. The zero-order chi connectivity index (χ0) is 8.39. The van der Waals surface area contributed by atoms with E-state index in [1.165, 1.54) is 10.8 Å². The Balaban J connectivity index is 2.67. The molecule has 2 heteroatoms. The van der Waals surface area contributed by atoms with Crippen LogP contribution in [0.15, 0.2) is 42.5 Å². The Labute approximate surface area is 73.6 Å². The summed E-state index contributed by atoms with van der Waals surface area (Å²) in [5.74, 6) is 0. The van der Waals surface area contributed by atoms with Crippen molar-refractivity contribution in [1.29, 1.82) is 0 Å². The zero-order valence-electron chi connectivity index (χ0n) is 6.66. The molecule has 0 heterocycles. The molecular weight excluding hydrogens is 164 g/mol. The summed E-state index contributed by atoms with van der Waals surface area (Å²) in [7, 11) is -1.25. The molecule has 0 saturated carbocycles. The van der Waals surface area contributed by atoms with Crippen LogP contribution in [0.5, 0.6) is 0 Å². The normalized spacial score (nSPS) is 11.4. The van der Waals surface area contributed by atoms with E-state index in [9.17, 15) is 4.80 Å². The number of hydrogen-bond donors (Lipinski definition) is 0. The Kier molecular flexibility index (Phi) is 1.94. The van der Waals surface area contributed by atoms with Crippen LogP contribution in [0, 0.1) is 0 Å². The van der Waals surface area contributed by atoms with Gasteiger partial charge in [-0.2, -0.15) is 0 Å². The van der Waals surface area contributed by atoms with Crippen LogP contribution in [-0.2, 0) is 4.80 Å². The van der Waals surface area contributed by atoms with Crippen LogP contribution in [0.25, 0.3) is 10.8 Å². The predicted molar refractivity (Wildman–Crippen MR) is 52.8 cm³/mol. The predicted octanol–water partition coefficient (Wildman–Crippen LogP) is 0.979. The molecule has 0 fully saturated rings. The molecule has 1 nitrogen and oxygen atoms in total. The first-order valence-corrected chi connectivity index (χ1v) is 5.24. The van der Waals surface area contributed by atoms with Crippen molar-refractivity contribution < 1.29 is 4.80 Å². The third kappa shape index (κ3) is 1.26. The highest BCUT2D eigenvalue weighted by atomic mass is 28.2. The first kappa shape index (κ1) is 7.52. The van der Waals surface area contributed by atoms with Gasteiger partial charge in [0.15, 0.2) is 0 Å². The summed E-state index contributed by atoms with van der Waals surface area (Å²) in [4.78, 5) is 10.7. The second kappa shape index (κ2) is 3.09. The van der Waals surface area contributed by atoms with Gasteiger partial charge < -0.3 is 4.80 Å². The second-order valence-electron chi connectivity index (χ2n) is 2.83. The lowest BCUT2D eigenvalue weighted by atomic mass is 10.1. The molecule has 0 amide bonds. The van der Waals surface area contributed by atoms with Crippen LogP contribution in [-0.4, -0.2) is 9.76 Å². The fraction of sp³-hybridized carbons (Fsp3) is 0. The van der Waals surface area contributed by atoms with E-state index < -0.39 is 9.76 Å². The maximum absolute atomic E-state index is 10.7. The summed E-state index contributed by atoms with van der Waals surface area (Å²) in [6.07, 6.45) is 0.